The highest BCUT2D eigenvalue weighted by Crippen LogP contribution is 2.27. The maximum atomic E-state index is 11.3. The molecule has 180 valence electrons. The van der Waals surface area contributed by atoms with Gasteiger partial charge >= 0.3 is 11.9 Å². The molecule has 0 amide bonds. The Labute approximate surface area is 194 Å². The van der Waals surface area contributed by atoms with Gasteiger partial charge in [-0.1, -0.05) is 24.3 Å². The summed E-state index contributed by atoms with van der Waals surface area (Å²) in [5, 5.41) is 24.1. The van der Waals surface area contributed by atoms with Crippen molar-refractivity contribution in [2.24, 2.45) is 0 Å². The lowest BCUT2D eigenvalue weighted by molar-refractivity contribution is -0.139. The molecular formula is C24H34N4O5. The highest BCUT2D eigenvalue weighted by molar-refractivity contribution is 5.85. The maximum Gasteiger partial charge on any atom is 0.317 e. The quantitative estimate of drug-likeness (QED) is 0.561. The number of benzene rings is 2. The van der Waals surface area contributed by atoms with E-state index in [4.69, 9.17) is 4.74 Å². The van der Waals surface area contributed by atoms with E-state index in [0.717, 1.165) is 22.1 Å². The topological polar surface area (TPSA) is 106 Å². The Morgan fingerprint density at radius 2 is 1.36 bits per heavy atom. The number of hydrogen-bond donors (Lipinski definition) is 3. The van der Waals surface area contributed by atoms with Crippen molar-refractivity contribution in [3.8, 4) is 5.75 Å². The van der Waals surface area contributed by atoms with Gasteiger partial charge in [0.2, 0.25) is 0 Å². The summed E-state index contributed by atoms with van der Waals surface area (Å²) in [6.45, 7) is 5.77. The summed E-state index contributed by atoms with van der Waals surface area (Å²) in [5.74, 6) is -0.858. The fraction of sp³-hybridized carbons (Fsp3) is 0.500. The first-order valence-electron chi connectivity index (χ1n) is 11.3. The number of rotatable bonds is 7. The lowest BCUT2D eigenvalue weighted by atomic mass is 10.1. The Hall–Kier alpha value is -2.72. The van der Waals surface area contributed by atoms with Crippen LogP contribution in [0.5, 0.6) is 5.75 Å². The summed E-state index contributed by atoms with van der Waals surface area (Å²) in [5.41, 5.74) is 1.06. The number of carboxylic acids is 2. The van der Waals surface area contributed by atoms with E-state index < -0.39 is 11.9 Å². The highest BCUT2D eigenvalue weighted by Gasteiger charge is 2.18. The van der Waals surface area contributed by atoms with Crippen LogP contribution in [0.1, 0.15) is 5.56 Å². The third-order valence-electron chi connectivity index (χ3n) is 5.93. The van der Waals surface area contributed by atoms with Crippen LogP contribution in [-0.2, 0) is 16.1 Å². The molecular weight excluding hydrogens is 424 g/mol. The van der Waals surface area contributed by atoms with Crippen LogP contribution in [-0.4, -0.2) is 109 Å². The molecule has 1 aliphatic rings. The van der Waals surface area contributed by atoms with E-state index >= 15 is 0 Å². The van der Waals surface area contributed by atoms with Gasteiger partial charge in [0.25, 0.3) is 0 Å². The van der Waals surface area contributed by atoms with Crippen molar-refractivity contribution in [2.45, 2.75) is 6.54 Å². The molecule has 0 saturated carbocycles. The second kappa shape index (κ2) is 12.5. The summed E-state index contributed by atoms with van der Waals surface area (Å²) in [6.07, 6.45) is 0. The minimum Gasteiger partial charge on any atom is -0.496 e. The molecule has 9 nitrogen and oxygen atoms in total. The van der Waals surface area contributed by atoms with Crippen molar-refractivity contribution in [1.29, 1.82) is 0 Å². The van der Waals surface area contributed by atoms with Gasteiger partial charge in [-0.15, -0.1) is 0 Å². The number of nitrogens with zero attached hydrogens (tertiary/aromatic N) is 3. The first-order chi connectivity index (χ1) is 15.9. The van der Waals surface area contributed by atoms with E-state index in [1.807, 2.05) is 28.0 Å². The predicted octanol–water partition coefficient (Wildman–Crippen LogP) is 1.03. The average molecular weight is 459 g/mol. The molecule has 0 atom stereocenters. The van der Waals surface area contributed by atoms with Crippen LogP contribution < -0.4 is 10.1 Å². The number of fused-ring (bicyclic) bond motifs is 1. The molecule has 1 fully saturated rings. The van der Waals surface area contributed by atoms with Gasteiger partial charge in [0.1, 0.15) is 5.75 Å². The van der Waals surface area contributed by atoms with Crippen molar-refractivity contribution >= 4 is 22.7 Å². The van der Waals surface area contributed by atoms with Crippen molar-refractivity contribution in [2.75, 3.05) is 72.6 Å². The predicted molar refractivity (Wildman–Crippen MR) is 127 cm³/mol. The number of nitrogens with one attached hydrogen (secondary N) is 1. The molecule has 0 radical (unpaired) electrons. The van der Waals surface area contributed by atoms with Crippen LogP contribution in [0.2, 0.25) is 0 Å². The average Bonchev–Trinajstić information content (AvgIpc) is 2.77. The smallest absolute Gasteiger partial charge is 0.317 e. The molecule has 1 heterocycles. The minimum atomic E-state index is -0.836. The van der Waals surface area contributed by atoms with E-state index in [2.05, 4.69) is 28.4 Å². The fourth-order valence-corrected chi connectivity index (χ4v) is 4.18. The summed E-state index contributed by atoms with van der Waals surface area (Å²) in [6, 6.07) is 12.3. The number of carbonyl (C=O) groups is 2. The first kappa shape index (κ1) is 24.9. The van der Waals surface area contributed by atoms with Crippen LogP contribution in [0.4, 0.5) is 0 Å². The Balaban J connectivity index is 1.80. The number of methoxy groups -OCH3 is 1. The van der Waals surface area contributed by atoms with Crippen molar-refractivity contribution in [3.05, 3.63) is 42.0 Å². The second-order valence-electron chi connectivity index (χ2n) is 8.38. The number of carboxylic acid groups (broad SMARTS) is 2. The third-order valence-corrected chi connectivity index (χ3v) is 5.93. The summed E-state index contributed by atoms with van der Waals surface area (Å²) in [7, 11) is 1.67. The highest BCUT2D eigenvalue weighted by atomic mass is 16.5. The van der Waals surface area contributed by atoms with Crippen LogP contribution >= 0.6 is 0 Å². The van der Waals surface area contributed by atoms with Gasteiger partial charge in [-0.2, -0.15) is 0 Å². The number of hydrogen-bond acceptors (Lipinski definition) is 7. The Morgan fingerprint density at radius 1 is 0.848 bits per heavy atom. The van der Waals surface area contributed by atoms with Gasteiger partial charge in [0.15, 0.2) is 0 Å². The molecule has 9 heteroatoms. The first-order valence-corrected chi connectivity index (χ1v) is 11.3. The molecule has 33 heavy (non-hydrogen) atoms. The molecule has 2 aromatic carbocycles. The monoisotopic (exact) mass is 458 g/mol. The van der Waals surface area contributed by atoms with Crippen molar-refractivity contribution < 1.29 is 24.5 Å². The zero-order valence-electron chi connectivity index (χ0n) is 19.2. The van der Waals surface area contributed by atoms with E-state index in [9.17, 15) is 19.8 Å². The number of aliphatic carboxylic acids is 2. The summed E-state index contributed by atoms with van der Waals surface area (Å²) >= 11 is 0. The lowest BCUT2D eigenvalue weighted by Crippen LogP contribution is -2.46. The van der Waals surface area contributed by atoms with E-state index in [0.29, 0.717) is 58.9 Å². The van der Waals surface area contributed by atoms with Crippen LogP contribution in [0.15, 0.2) is 36.4 Å². The normalized spacial score (nSPS) is 17.8. The molecule has 0 aromatic heterocycles. The Kier molecular flexibility index (Phi) is 9.44. The SMILES string of the molecule is COc1cc2ccccc2cc1CN1CCN(CC(=O)O)CCNCCN(CC(=O)O)CC1. The zero-order valence-corrected chi connectivity index (χ0v) is 19.2. The van der Waals surface area contributed by atoms with Gasteiger partial charge in [-0.25, -0.2) is 0 Å². The largest absolute Gasteiger partial charge is 0.496 e. The van der Waals surface area contributed by atoms with Crippen molar-refractivity contribution in [3.63, 3.8) is 0 Å². The third kappa shape index (κ3) is 7.97. The number of ether oxygens (including phenoxy) is 1. The standard InChI is InChI=1S/C24H34N4O5/c1-33-22-15-20-5-3-2-4-19(20)14-21(22)16-28-12-10-26(17-23(29)30)8-6-25-7-9-27(11-13-28)18-24(31)32/h2-5,14-15,25H,6-13,16-18H2,1H3,(H,29,30)(H,31,32). The second-order valence-corrected chi connectivity index (χ2v) is 8.38. The van der Waals surface area contributed by atoms with Crippen LogP contribution in [0.25, 0.3) is 10.8 Å². The van der Waals surface area contributed by atoms with Gasteiger partial charge in [-0.3, -0.25) is 24.3 Å². The fourth-order valence-electron chi connectivity index (χ4n) is 4.18. The van der Waals surface area contributed by atoms with E-state index in [1.165, 1.54) is 0 Å². The van der Waals surface area contributed by atoms with Gasteiger partial charge in [0.05, 0.1) is 20.2 Å². The Bertz CT molecular complexity index is 908. The van der Waals surface area contributed by atoms with Gasteiger partial charge in [0, 0.05) is 64.5 Å². The molecule has 0 aliphatic carbocycles. The maximum absolute atomic E-state index is 11.3. The van der Waals surface area contributed by atoms with E-state index in [1.54, 1.807) is 7.11 Å². The zero-order chi connectivity index (χ0) is 23.6. The van der Waals surface area contributed by atoms with E-state index in [-0.39, 0.29) is 13.1 Å². The molecule has 0 unspecified atom stereocenters. The molecule has 0 bridgehead atoms. The molecule has 0 spiro atoms. The lowest BCUT2D eigenvalue weighted by Gasteiger charge is -2.31. The Morgan fingerprint density at radius 3 is 1.88 bits per heavy atom. The molecule has 3 rings (SSSR count). The molecule has 3 N–H and O–H groups in total. The van der Waals surface area contributed by atoms with Crippen LogP contribution in [0.3, 0.4) is 0 Å². The van der Waals surface area contributed by atoms with Gasteiger partial charge in [-0.05, 0) is 22.9 Å². The van der Waals surface area contributed by atoms with Crippen LogP contribution in [0, 0.1) is 0 Å². The summed E-state index contributed by atoms with van der Waals surface area (Å²) < 4.78 is 5.67. The summed E-state index contributed by atoms with van der Waals surface area (Å²) in [4.78, 5) is 28.8. The van der Waals surface area contributed by atoms with Crippen molar-refractivity contribution in [1.82, 2.24) is 20.0 Å². The van der Waals surface area contributed by atoms with Gasteiger partial charge < -0.3 is 20.3 Å². The molecule has 2 aromatic rings. The molecule has 1 saturated heterocycles. The minimum absolute atomic E-state index is 0.0000448. The molecule has 1 aliphatic heterocycles.